The molecule has 1 unspecified atom stereocenters. The zero-order valence-corrected chi connectivity index (χ0v) is 13.4. The van der Waals surface area contributed by atoms with Gasteiger partial charge in [0, 0.05) is 18.6 Å². The molecule has 1 aliphatic carbocycles. The molecule has 2 heterocycles. The van der Waals surface area contributed by atoms with Crippen LogP contribution >= 0.6 is 11.6 Å². The lowest BCUT2D eigenvalue weighted by Gasteiger charge is -2.28. The molecule has 1 saturated carbocycles. The molecule has 1 N–H and O–H groups in total. The maximum Gasteiger partial charge on any atom is 0.287 e. The Balaban J connectivity index is 1.88. The van der Waals surface area contributed by atoms with Crippen molar-refractivity contribution in [3.05, 3.63) is 21.6 Å². The van der Waals surface area contributed by atoms with Crippen molar-refractivity contribution in [2.24, 2.45) is 0 Å². The molecule has 1 aliphatic heterocycles. The molecular formula is C15H23ClN4O. The molecule has 0 amide bonds. The predicted molar refractivity (Wildman–Crippen MR) is 85.3 cm³/mol. The van der Waals surface area contributed by atoms with E-state index in [0.29, 0.717) is 17.1 Å². The second-order valence-corrected chi connectivity index (χ2v) is 6.74. The molecule has 116 valence electrons. The van der Waals surface area contributed by atoms with E-state index < -0.39 is 0 Å². The van der Waals surface area contributed by atoms with Crippen molar-refractivity contribution in [2.45, 2.75) is 57.7 Å². The molecule has 0 spiro atoms. The summed E-state index contributed by atoms with van der Waals surface area (Å²) in [7, 11) is 0. The first-order valence-corrected chi connectivity index (χ1v) is 8.23. The molecule has 1 aromatic rings. The van der Waals surface area contributed by atoms with Crippen LogP contribution < -0.4 is 15.8 Å². The van der Waals surface area contributed by atoms with Gasteiger partial charge in [0.2, 0.25) is 0 Å². The van der Waals surface area contributed by atoms with Crippen LogP contribution in [0.15, 0.2) is 11.0 Å². The Hall–Kier alpha value is -1.07. The monoisotopic (exact) mass is 310 g/mol. The van der Waals surface area contributed by atoms with Gasteiger partial charge in [-0.2, -0.15) is 5.10 Å². The van der Waals surface area contributed by atoms with E-state index in [4.69, 9.17) is 11.6 Å². The van der Waals surface area contributed by atoms with E-state index in [0.717, 1.165) is 18.8 Å². The second-order valence-electron chi connectivity index (χ2n) is 6.36. The maximum atomic E-state index is 12.3. The van der Waals surface area contributed by atoms with E-state index in [1.165, 1.54) is 30.4 Å². The lowest BCUT2D eigenvalue weighted by molar-refractivity contribution is 0.500. The van der Waals surface area contributed by atoms with Crippen LogP contribution in [-0.4, -0.2) is 35.0 Å². The van der Waals surface area contributed by atoms with Crippen molar-refractivity contribution in [1.82, 2.24) is 15.1 Å². The topological polar surface area (TPSA) is 50.2 Å². The van der Waals surface area contributed by atoms with Gasteiger partial charge in [-0.1, -0.05) is 11.6 Å². The van der Waals surface area contributed by atoms with Crippen LogP contribution in [0.3, 0.4) is 0 Å². The van der Waals surface area contributed by atoms with Crippen LogP contribution in [0.1, 0.15) is 45.6 Å². The highest BCUT2D eigenvalue weighted by molar-refractivity contribution is 6.33. The average molecular weight is 311 g/mol. The highest BCUT2D eigenvalue weighted by atomic mass is 35.5. The first-order chi connectivity index (χ1) is 10.1. The quantitative estimate of drug-likeness (QED) is 0.906. The molecule has 0 bridgehead atoms. The van der Waals surface area contributed by atoms with Crippen molar-refractivity contribution in [3.8, 4) is 0 Å². The number of halogens is 1. The number of nitrogens with zero attached hydrogens (tertiary/aromatic N) is 3. The number of nitrogens with one attached hydrogen (secondary N) is 1. The Kier molecular flexibility index (Phi) is 4.22. The highest BCUT2D eigenvalue weighted by Crippen LogP contribution is 2.34. The summed E-state index contributed by atoms with van der Waals surface area (Å²) in [5.74, 6) is 0. The fourth-order valence-electron chi connectivity index (χ4n) is 2.98. The summed E-state index contributed by atoms with van der Waals surface area (Å²) >= 11 is 6.36. The van der Waals surface area contributed by atoms with E-state index in [9.17, 15) is 4.79 Å². The molecule has 0 aromatic carbocycles. The highest BCUT2D eigenvalue weighted by Gasteiger charge is 2.33. The minimum atomic E-state index is -0.186. The SMILES string of the molecule is CC(C)n1ncc(N(CC2CCCN2)C2CC2)c(Cl)c1=O. The Morgan fingerprint density at radius 3 is 2.81 bits per heavy atom. The van der Waals surface area contributed by atoms with Crippen molar-refractivity contribution in [1.29, 1.82) is 0 Å². The molecule has 21 heavy (non-hydrogen) atoms. The smallest absolute Gasteiger partial charge is 0.287 e. The van der Waals surface area contributed by atoms with E-state index in [1.54, 1.807) is 6.20 Å². The normalized spacial score (nSPS) is 22.0. The minimum absolute atomic E-state index is 0.0231. The molecule has 5 nitrogen and oxygen atoms in total. The van der Waals surface area contributed by atoms with Gasteiger partial charge in [0.15, 0.2) is 0 Å². The molecule has 1 atom stereocenters. The van der Waals surface area contributed by atoms with E-state index in [-0.39, 0.29) is 11.6 Å². The second kappa shape index (κ2) is 5.97. The summed E-state index contributed by atoms with van der Waals surface area (Å²) < 4.78 is 1.45. The third-order valence-corrected chi connectivity index (χ3v) is 4.65. The summed E-state index contributed by atoms with van der Waals surface area (Å²) in [5, 5.41) is 8.13. The minimum Gasteiger partial charge on any atom is -0.364 e. The van der Waals surface area contributed by atoms with Crippen LogP contribution in [0.25, 0.3) is 0 Å². The molecule has 0 radical (unpaired) electrons. The van der Waals surface area contributed by atoms with E-state index in [1.807, 2.05) is 13.8 Å². The first-order valence-electron chi connectivity index (χ1n) is 7.85. The summed E-state index contributed by atoms with van der Waals surface area (Å²) in [6.07, 6.45) is 6.53. The fraction of sp³-hybridized carbons (Fsp3) is 0.733. The predicted octanol–water partition coefficient (Wildman–Crippen LogP) is 2.20. The largest absolute Gasteiger partial charge is 0.364 e. The molecule has 1 aromatic heterocycles. The molecular weight excluding hydrogens is 288 g/mol. The summed E-state index contributed by atoms with van der Waals surface area (Å²) in [6.45, 7) is 5.87. The molecule has 2 fully saturated rings. The zero-order chi connectivity index (χ0) is 15.0. The lowest BCUT2D eigenvalue weighted by Crippen LogP contribution is -2.40. The summed E-state index contributed by atoms with van der Waals surface area (Å²) in [5.41, 5.74) is 0.615. The van der Waals surface area contributed by atoms with Crippen LogP contribution in [0.4, 0.5) is 5.69 Å². The van der Waals surface area contributed by atoms with Crippen LogP contribution in [0.2, 0.25) is 5.02 Å². The van der Waals surface area contributed by atoms with Gasteiger partial charge in [0.25, 0.3) is 5.56 Å². The van der Waals surface area contributed by atoms with E-state index in [2.05, 4.69) is 15.3 Å². The van der Waals surface area contributed by atoms with Gasteiger partial charge in [-0.3, -0.25) is 4.79 Å². The van der Waals surface area contributed by atoms with Gasteiger partial charge in [-0.25, -0.2) is 4.68 Å². The fourth-order valence-corrected chi connectivity index (χ4v) is 3.23. The van der Waals surface area contributed by atoms with Gasteiger partial charge in [-0.15, -0.1) is 0 Å². The maximum absolute atomic E-state index is 12.3. The Morgan fingerprint density at radius 2 is 2.24 bits per heavy atom. The summed E-state index contributed by atoms with van der Waals surface area (Å²) in [6, 6.07) is 1.03. The first kappa shape index (κ1) is 14.9. The van der Waals surface area contributed by atoms with Gasteiger partial charge in [0.1, 0.15) is 5.02 Å². The third-order valence-electron chi connectivity index (χ3n) is 4.29. The van der Waals surface area contributed by atoms with Gasteiger partial charge >= 0.3 is 0 Å². The molecule has 1 saturated heterocycles. The van der Waals surface area contributed by atoms with Gasteiger partial charge < -0.3 is 10.2 Å². The lowest BCUT2D eigenvalue weighted by atomic mass is 10.2. The number of hydrogen-bond donors (Lipinski definition) is 1. The Labute approximate surface area is 130 Å². The Morgan fingerprint density at radius 1 is 1.48 bits per heavy atom. The van der Waals surface area contributed by atoms with Gasteiger partial charge in [-0.05, 0) is 46.1 Å². The number of aromatic nitrogens is 2. The molecule has 2 aliphatic rings. The zero-order valence-electron chi connectivity index (χ0n) is 12.7. The van der Waals surface area contributed by atoms with Crippen LogP contribution in [0.5, 0.6) is 0 Å². The van der Waals surface area contributed by atoms with Crippen LogP contribution in [-0.2, 0) is 0 Å². The van der Waals surface area contributed by atoms with Crippen molar-refractivity contribution >= 4 is 17.3 Å². The molecule has 3 rings (SSSR count). The average Bonchev–Trinajstić information content (AvgIpc) is 3.16. The number of anilines is 1. The Bertz CT molecular complexity index is 561. The van der Waals surface area contributed by atoms with Crippen molar-refractivity contribution in [2.75, 3.05) is 18.0 Å². The van der Waals surface area contributed by atoms with E-state index >= 15 is 0 Å². The standard InChI is InChI=1S/C15H23ClN4O/c1-10(2)20-15(21)14(16)13(8-18-20)19(12-5-6-12)9-11-4-3-7-17-11/h8,10-12,17H,3-7,9H2,1-2H3. The third kappa shape index (κ3) is 3.09. The van der Waals surface area contributed by atoms with Gasteiger partial charge in [0.05, 0.1) is 17.9 Å². The van der Waals surface area contributed by atoms with Crippen LogP contribution in [0, 0.1) is 0 Å². The van der Waals surface area contributed by atoms with Crippen molar-refractivity contribution < 1.29 is 0 Å². The molecule has 6 heteroatoms. The van der Waals surface area contributed by atoms with Crippen molar-refractivity contribution in [3.63, 3.8) is 0 Å². The number of hydrogen-bond acceptors (Lipinski definition) is 4. The summed E-state index contributed by atoms with van der Waals surface area (Å²) in [4.78, 5) is 14.6. The number of rotatable bonds is 5.